The molecule has 14 aromatic rings. The summed E-state index contributed by atoms with van der Waals surface area (Å²) >= 11 is 1.85. The van der Waals surface area contributed by atoms with Crippen LogP contribution in [0.1, 0.15) is 0 Å². The zero-order valence-corrected chi connectivity index (χ0v) is 38.9. The van der Waals surface area contributed by atoms with Gasteiger partial charge < -0.3 is 14.0 Å². The van der Waals surface area contributed by atoms with Crippen molar-refractivity contribution in [3.05, 3.63) is 261 Å². The zero-order valence-electron chi connectivity index (χ0n) is 38.1. The van der Waals surface area contributed by atoms with Gasteiger partial charge in [-0.3, -0.25) is 0 Å². The van der Waals surface area contributed by atoms with Gasteiger partial charge in [0.05, 0.1) is 33.4 Å². The SMILES string of the molecule is c1ccc(-n2c3ccccc3c3ccccc32)c(-c2ccc(-c3ccc(N(c4ccc(-c5ccccc5-n5c6ccccc6c6ccccc65)cc4)c4ccc5c(c4)sc4ccccc45)cc3)cc2)c1. The normalized spacial score (nSPS) is 11.7. The minimum atomic E-state index is 1.09. The minimum absolute atomic E-state index is 1.09. The first-order chi connectivity index (χ1) is 34.7. The Bertz CT molecular complexity index is 4180. The van der Waals surface area contributed by atoms with Gasteiger partial charge in [0.1, 0.15) is 0 Å². The van der Waals surface area contributed by atoms with Gasteiger partial charge in [-0.2, -0.15) is 0 Å². The molecule has 0 saturated heterocycles. The Labute approximate surface area is 409 Å². The van der Waals surface area contributed by atoms with Crippen LogP contribution in [0.3, 0.4) is 0 Å². The minimum Gasteiger partial charge on any atom is -0.310 e. The van der Waals surface area contributed by atoms with Crippen LogP contribution in [0.25, 0.3) is 109 Å². The van der Waals surface area contributed by atoms with Gasteiger partial charge in [-0.05, 0) is 101 Å². The van der Waals surface area contributed by atoms with Crippen LogP contribution in [0.4, 0.5) is 17.1 Å². The molecule has 328 valence electrons. The summed E-state index contributed by atoms with van der Waals surface area (Å²) in [5, 5.41) is 7.64. The molecule has 0 fully saturated rings. The van der Waals surface area contributed by atoms with Gasteiger partial charge in [0.25, 0.3) is 0 Å². The van der Waals surface area contributed by atoms with Crippen LogP contribution >= 0.6 is 11.3 Å². The van der Waals surface area contributed by atoms with Crippen molar-refractivity contribution in [3.8, 4) is 44.8 Å². The van der Waals surface area contributed by atoms with Gasteiger partial charge in [-0.1, -0.05) is 182 Å². The molecule has 0 radical (unpaired) electrons. The lowest BCUT2D eigenvalue weighted by Crippen LogP contribution is -2.09. The van der Waals surface area contributed by atoms with E-state index in [0.29, 0.717) is 0 Å². The van der Waals surface area contributed by atoms with Crippen LogP contribution in [0.2, 0.25) is 0 Å². The first kappa shape index (κ1) is 40.1. The average Bonchev–Trinajstić information content (AvgIpc) is 4.09. The summed E-state index contributed by atoms with van der Waals surface area (Å²) in [5.74, 6) is 0. The fourth-order valence-electron chi connectivity index (χ4n) is 10.9. The Hall–Kier alpha value is -8.96. The first-order valence-electron chi connectivity index (χ1n) is 23.9. The van der Waals surface area contributed by atoms with E-state index in [-0.39, 0.29) is 0 Å². The Morgan fingerprint density at radius 2 is 0.600 bits per heavy atom. The molecule has 0 aliphatic carbocycles. The van der Waals surface area contributed by atoms with Crippen LogP contribution in [0.15, 0.2) is 261 Å². The van der Waals surface area contributed by atoms with E-state index in [9.17, 15) is 0 Å². The van der Waals surface area contributed by atoms with Gasteiger partial charge in [0, 0.05) is 69.9 Å². The van der Waals surface area contributed by atoms with Crippen LogP contribution in [0, 0.1) is 0 Å². The number of fused-ring (bicyclic) bond motifs is 9. The molecular formula is C66H43N3S. The summed E-state index contributed by atoms with van der Waals surface area (Å²) in [6.45, 7) is 0. The number of aromatic nitrogens is 2. The second-order valence-electron chi connectivity index (χ2n) is 18.1. The second-order valence-corrected chi connectivity index (χ2v) is 19.1. The highest BCUT2D eigenvalue weighted by Crippen LogP contribution is 2.43. The van der Waals surface area contributed by atoms with Crippen molar-refractivity contribution in [1.82, 2.24) is 9.13 Å². The van der Waals surface area contributed by atoms with Gasteiger partial charge in [0.15, 0.2) is 0 Å². The lowest BCUT2D eigenvalue weighted by atomic mass is 9.98. The highest BCUT2D eigenvalue weighted by Gasteiger charge is 2.19. The molecule has 0 bridgehead atoms. The van der Waals surface area contributed by atoms with Gasteiger partial charge in [0.2, 0.25) is 0 Å². The highest BCUT2D eigenvalue weighted by atomic mass is 32.1. The van der Waals surface area contributed by atoms with Crippen LogP contribution in [0.5, 0.6) is 0 Å². The third kappa shape index (κ3) is 6.49. The number of benzene rings is 11. The standard InChI is InChI=1S/C66H43N3S/c1-8-22-59(68-61-24-10-3-17-53(61)54-18-4-11-25-62(54)68)51(15-1)46-31-29-44(30-32-46)45-33-37-48(38-34-45)67(50-41-42-58-57-21-7-14-28-65(57)70-66(58)43-50)49-39-35-47(36-40-49)52-16-2-9-23-60(52)69-63-26-12-5-19-55(63)56-20-6-13-27-64(56)69/h1-43H. The van der Waals surface area contributed by atoms with Crippen molar-refractivity contribution in [3.63, 3.8) is 0 Å². The smallest absolute Gasteiger partial charge is 0.0541 e. The van der Waals surface area contributed by atoms with E-state index >= 15 is 0 Å². The lowest BCUT2D eigenvalue weighted by Gasteiger charge is -2.26. The molecule has 4 heteroatoms. The first-order valence-corrected chi connectivity index (χ1v) is 24.7. The lowest BCUT2D eigenvalue weighted by molar-refractivity contribution is 1.18. The molecule has 0 spiro atoms. The van der Waals surface area contributed by atoms with Crippen molar-refractivity contribution >= 4 is 92.2 Å². The Kier molecular flexibility index (Phi) is 9.39. The molecule has 3 nitrogen and oxygen atoms in total. The van der Waals surface area contributed by atoms with Crippen LogP contribution < -0.4 is 4.90 Å². The second kappa shape index (κ2) is 16.4. The molecule has 0 unspecified atom stereocenters. The fourth-order valence-corrected chi connectivity index (χ4v) is 12.1. The number of rotatable bonds is 8. The molecule has 3 heterocycles. The largest absolute Gasteiger partial charge is 0.310 e. The molecule has 0 aliphatic heterocycles. The zero-order chi connectivity index (χ0) is 46.1. The third-order valence-corrected chi connectivity index (χ3v) is 15.3. The van der Waals surface area contributed by atoms with Crippen molar-refractivity contribution in [1.29, 1.82) is 0 Å². The quantitative estimate of drug-likeness (QED) is 0.148. The molecule has 0 N–H and O–H groups in total. The predicted molar refractivity (Wildman–Crippen MR) is 299 cm³/mol. The van der Waals surface area contributed by atoms with Crippen LogP contribution in [-0.2, 0) is 0 Å². The van der Waals surface area contributed by atoms with E-state index in [0.717, 1.165) is 28.3 Å². The summed E-state index contributed by atoms with van der Waals surface area (Å²) in [7, 11) is 0. The number of para-hydroxylation sites is 6. The fraction of sp³-hybridized carbons (Fsp3) is 0. The van der Waals surface area contributed by atoms with E-state index in [1.807, 2.05) is 11.3 Å². The molecule has 0 saturated carbocycles. The van der Waals surface area contributed by atoms with Crippen molar-refractivity contribution < 1.29 is 0 Å². The molecule has 0 amide bonds. The van der Waals surface area contributed by atoms with E-state index < -0.39 is 0 Å². The maximum atomic E-state index is 2.42. The molecule has 0 aliphatic rings. The summed E-state index contributed by atoms with van der Waals surface area (Å²) in [5.41, 5.74) is 17.6. The topological polar surface area (TPSA) is 13.1 Å². The summed E-state index contributed by atoms with van der Waals surface area (Å²) in [4.78, 5) is 2.39. The molecule has 14 rings (SSSR count). The highest BCUT2D eigenvalue weighted by molar-refractivity contribution is 7.25. The number of nitrogens with zero attached hydrogens (tertiary/aromatic N) is 3. The van der Waals surface area contributed by atoms with Crippen molar-refractivity contribution in [2.75, 3.05) is 4.90 Å². The molecule has 70 heavy (non-hydrogen) atoms. The molecule has 0 atom stereocenters. The molecule has 3 aromatic heterocycles. The predicted octanol–water partition coefficient (Wildman–Crippen LogP) is 18.7. The van der Waals surface area contributed by atoms with Gasteiger partial charge in [-0.15, -0.1) is 11.3 Å². The molecule has 11 aromatic carbocycles. The Morgan fingerprint density at radius 3 is 1.09 bits per heavy atom. The number of hydrogen-bond donors (Lipinski definition) is 0. The maximum absolute atomic E-state index is 2.42. The third-order valence-electron chi connectivity index (χ3n) is 14.2. The monoisotopic (exact) mass is 909 g/mol. The summed E-state index contributed by atoms with van der Waals surface area (Å²) in [6, 6.07) is 95.3. The Morgan fingerprint density at radius 1 is 0.257 bits per heavy atom. The van der Waals surface area contributed by atoms with Crippen molar-refractivity contribution in [2.24, 2.45) is 0 Å². The van der Waals surface area contributed by atoms with E-state index in [1.165, 1.54) is 97.3 Å². The summed E-state index contributed by atoms with van der Waals surface area (Å²) in [6.07, 6.45) is 0. The van der Waals surface area contributed by atoms with Gasteiger partial charge in [-0.25, -0.2) is 0 Å². The number of thiophene rings is 1. The van der Waals surface area contributed by atoms with Crippen molar-refractivity contribution in [2.45, 2.75) is 0 Å². The number of hydrogen-bond acceptors (Lipinski definition) is 2. The number of anilines is 3. The van der Waals surface area contributed by atoms with Gasteiger partial charge >= 0.3 is 0 Å². The van der Waals surface area contributed by atoms with E-state index in [2.05, 4.69) is 275 Å². The summed E-state index contributed by atoms with van der Waals surface area (Å²) < 4.78 is 7.41. The average molecular weight is 910 g/mol. The van der Waals surface area contributed by atoms with E-state index in [4.69, 9.17) is 0 Å². The molecular weight excluding hydrogens is 867 g/mol. The maximum Gasteiger partial charge on any atom is 0.0541 e. The van der Waals surface area contributed by atoms with Crippen LogP contribution in [-0.4, -0.2) is 9.13 Å². The Balaban J connectivity index is 0.829. The van der Waals surface area contributed by atoms with E-state index in [1.54, 1.807) is 0 Å².